The molecule has 0 aliphatic heterocycles. The van der Waals surface area contributed by atoms with Gasteiger partial charge in [0.25, 0.3) is 5.91 Å². The number of aromatic hydroxyl groups is 1. The predicted octanol–water partition coefficient (Wildman–Crippen LogP) is 3.03. The highest BCUT2D eigenvalue weighted by molar-refractivity contribution is 5.95. The Bertz CT molecular complexity index is 1320. The minimum absolute atomic E-state index is 0.0269. The third kappa shape index (κ3) is 3.85. The van der Waals surface area contributed by atoms with Gasteiger partial charge in [-0.25, -0.2) is 5.43 Å². The van der Waals surface area contributed by atoms with Crippen LogP contribution in [0.4, 0.5) is 0 Å². The Kier molecular flexibility index (Phi) is 5.76. The van der Waals surface area contributed by atoms with Crippen LogP contribution < -0.4 is 20.3 Å². The van der Waals surface area contributed by atoms with Crippen molar-refractivity contribution in [2.45, 2.75) is 6.54 Å². The van der Waals surface area contributed by atoms with E-state index in [0.717, 1.165) is 0 Å². The number of nitrogens with one attached hydrogen (secondary N) is 1. The van der Waals surface area contributed by atoms with Gasteiger partial charge in [-0.1, -0.05) is 24.3 Å². The van der Waals surface area contributed by atoms with Crippen molar-refractivity contribution in [3.05, 3.63) is 76.5 Å². The van der Waals surface area contributed by atoms with E-state index in [1.807, 2.05) is 24.3 Å². The van der Waals surface area contributed by atoms with Crippen molar-refractivity contribution < 1.29 is 19.4 Å². The number of rotatable bonds is 6. The Morgan fingerprint density at radius 3 is 2.06 bits per heavy atom. The number of benzene rings is 3. The number of amides is 1. The fraction of sp³-hybridized carbons (Fsp3) is 0.125. The molecule has 8 nitrogen and oxygen atoms in total. The summed E-state index contributed by atoms with van der Waals surface area (Å²) in [7, 11) is 2.85. The number of methoxy groups -OCH3 is 2. The maximum Gasteiger partial charge on any atom is 0.260 e. The van der Waals surface area contributed by atoms with Crippen LogP contribution in [0, 0.1) is 0 Å². The average molecular weight is 431 g/mol. The molecule has 2 N–H and O–H groups in total. The Hall–Kier alpha value is -4.33. The number of pyridine rings is 1. The molecule has 0 atom stereocenters. The third-order valence-electron chi connectivity index (χ3n) is 5.09. The minimum Gasteiger partial charge on any atom is -0.502 e. The molecule has 162 valence electrons. The Labute approximate surface area is 183 Å². The normalized spacial score (nSPS) is 11.2. The van der Waals surface area contributed by atoms with Gasteiger partial charge < -0.3 is 19.1 Å². The second kappa shape index (κ2) is 8.81. The Morgan fingerprint density at radius 1 is 1.00 bits per heavy atom. The number of hydrogen-bond acceptors (Lipinski definition) is 6. The van der Waals surface area contributed by atoms with Gasteiger partial charge in [-0.3, -0.25) is 9.59 Å². The molecular weight excluding hydrogens is 410 g/mol. The van der Waals surface area contributed by atoms with E-state index in [0.29, 0.717) is 27.4 Å². The number of phenols is 1. The van der Waals surface area contributed by atoms with Gasteiger partial charge in [0.1, 0.15) is 6.54 Å². The van der Waals surface area contributed by atoms with Gasteiger partial charge in [0.05, 0.1) is 31.5 Å². The highest BCUT2D eigenvalue weighted by Crippen LogP contribution is 2.36. The minimum atomic E-state index is -0.363. The van der Waals surface area contributed by atoms with Crippen LogP contribution in [0.2, 0.25) is 0 Å². The number of aromatic nitrogens is 1. The molecule has 0 bridgehead atoms. The summed E-state index contributed by atoms with van der Waals surface area (Å²) in [6.07, 6.45) is 1.42. The maximum atomic E-state index is 12.8. The van der Waals surface area contributed by atoms with Crippen molar-refractivity contribution >= 4 is 33.9 Å². The fourth-order valence-corrected chi connectivity index (χ4v) is 3.59. The predicted molar refractivity (Wildman–Crippen MR) is 123 cm³/mol. The van der Waals surface area contributed by atoms with E-state index in [4.69, 9.17) is 9.47 Å². The van der Waals surface area contributed by atoms with Crippen LogP contribution in [0.15, 0.2) is 70.6 Å². The zero-order valence-corrected chi connectivity index (χ0v) is 17.5. The SMILES string of the molecule is COc1cc(/C=N\NC(=O)Cn2c3ccccc3c(=O)c3ccccc32)cc(OC)c1O. The number of carbonyl (C=O) groups is 1. The van der Waals surface area contributed by atoms with E-state index in [-0.39, 0.29) is 35.1 Å². The maximum absolute atomic E-state index is 12.8. The zero-order valence-electron chi connectivity index (χ0n) is 17.5. The first-order chi connectivity index (χ1) is 15.5. The van der Waals surface area contributed by atoms with Gasteiger partial charge >= 0.3 is 0 Å². The number of ether oxygens (including phenoxy) is 2. The van der Waals surface area contributed by atoms with Gasteiger partial charge in [0.15, 0.2) is 16.9 Å². The monoisotopic (exact) mass is 431 g/mol. The second-order valence-corrected chi connectivity index (χ2v) is 7.02. The van der Waals surface area contributed by atoms with E-state index in [1.54, 1.807) is 41.0 Å². The molecule has 3 aromatic carbocycles. The van der Waals surface area contributed by atoms with Crippen LogP contribution in [-0.2, 0) is 11.3 Å². The molecular formula is C24H21N3O5. The van der Waals surface area contributed by atoms with Crippen molar-refractivity contribution in [2.75, 3.05) is 14.2 Å². The highest BCUT2D eigenvalue weighted by atomic mass is 16.5. The van der Waals surface area contributed by atoms with Crippen LogP contribution in [0.5, 0.6) is 17.2 Å². The fourth-order valence-electron chi connectivity index (χ4n) is 3.59. The van der Waals surface area contributed by atoms with E-state index in [9.17, 15) is 14.7 Å². The summed E-state index contributed by atoms with van der Waals surface area (Å²) in [5.41, 5.74) is 4.34. The molecule has 0 radical (unpaired) electrons. The standard InChI is InChI=1S/C24H21N3O5/c1-31-20-11-15(12-21(32-2)24(20)30)13-25-26-22(28)14-27-18-9-5-3-7-16(18)23(29)17-8-4-6-10-19(17)27/h3-13,30H,14H2,1-2H3,(H,26,28)/b25-13-. The summed E-state index contributed by atoms with van der Waals surface area (Å²) in [4.78, 5) is 25.5. The third-order valence-corrected chi connectivity index (χ3v) is 5.09. The van der Waals surface area contributed by atoms with Crippen LogP contribution in [0.25, 0.3) is 21.8 Å². The quantitative estimate of drug-likeness (QED) is 0.278. The van der Waals surface area contributed by atoms with Gasteiger partial charge in [-0.15, -0.1) is 0 Å². The first-order valence-electron chi connectivity index (χ1n) is 9.80. The van der Waals surface area contributed by atoms with Crippen molar-refractivity contribution in [1.29, 1.82) is 0 Å². The molecule has 8 heteroatoms. The molecule has 1 amide bonds. The Balaban J connectivity index is 1.62. The average Bonchev–Trinajstić information content (AvgIpc) is 2.82. The summed E-state index contributed by atoms with van der Waals surface area (Å²) in [6.45, 7) is -0.0269. The molecule has 4 rings (SSSR count). The number of carbonyl (C=O) groups excluding carboxylic acids is 1. The van der Waals surface area contributed by atoms with Crippen molar-refractivity contribution in [1.82, 2.24) is 9.99 Å². The molecule has 0 fully saturated rings. The van der Waals surface area contributed by atoms with Crippen LogP contribution >= 0.6 is 0 Å². The van der Waals surface area contributed by atoms with Crippen molar-refractivity contribution in [2.24, 2.45) is 5.10 Å². The van der Waals surface area contributed by atoms with Crippen molar-refractivity contribution in [3.8, 4) is 17.2 Å². The molecule has 1 aromatic heterocycles. The molecule has 0 aliphatic rings. The van der Waals surface area contributed by atoms with E-state index in [2.05, 4.69) is 10.5 Å². The molecule has 1 heterocycles. The number of para-hydroxylation sites is 2. The molecule has 0 saturated heterocycles. The van der Waals surface area contributed by atoms with Crippen molar-refractivity contribution in [3.63, 3.8) is 0 Å². The lowest BCUT2D eigenvalue weighted by molar-refractivity contribution is -0.121. The lowest BCUT2D eigenvalue weighted by atomic mass is 10.1. The number of phenolic OH excluding ortho intramolecular Hbond substituents is 1. The van der Waals surface area contributed by atoms with Gasteiger partial charge in [0.2, 0.25) is 5.75 Å². The lowest BCUT2D eigenvalue weighted by Gasteiger charge is -2.14. The van der Waals surface area contributed by atoms with Crippen LogP contribution in [-0.4, -0.2) is 36.0 Å². The molecule has 0 aliphatic carbocycles. The zero-order chi connectivity index (χ0) is 22.7. The van der Waals surface area contributed by atoms with Gasteiger partial charge in [-0.05, 0) is 36.4 Å². The van der Waals surface area contributed by atoms with Gasteiger partial charge in [-0.2, -0.15) is 5.10 Å². The smallest absolute Gasteiger partial charge is 0.260 e. The Morgan fingerprint density at radius 2 is 1.53 bits per heavy atom. The lowest BCUT2D eigenvalue weighted by Crippen LogP contribution is -2.25. The summed E-state index contributed by atoms with van der Waals surface area (Å²) in [6, 6.07) is 17.5. The summed E-state index contributed by atoms with van der Waals surface area (Å²) >= 11 is 0. The second-order valence-electron chi connectivity index (χ2n) is 7.02. The number of hydrazone groups is 1. The van der Waals surface area contributed by atoms with Crippen LogP contribution in [0.3, 0.4) is 0 Å². The molecule has 0 saturated carbocycles. The van der Waals surface area contributed by atoms with E-state index < -0.39 is 0 Å². The van der Waals surface area contributed by atoms with E-state index >= 15 is 0 Å². The topological polar surface area (TPSA) is 102 Å². The molecule has 4 aromatic rings. The first kappa shape index (κ1) is 20.9. The van der Waals surface area contributed by atoms with E-state index in [1.165, 1.54) is 20.4 Å². The molecule has 0 unspecified atom stereocenters. The highest BCUT2D eigenvalue weighted by Gasteiger charge is 2.13. The summed E-state index contributed by atoms with van der Waals surface area (Å²) in [5.74, 6) is -0.0299. The van der Waals surface area contributed by atoms with Gasteiger partial charge in [0, 0.05) is 16.3 Å². The number of nitrogens with zero attached hydrogens (tertiary/aromatic N) is 2. The number of fused-ring (bicyclic) bond motifs is 2. The molecule has 32 heavy (non-hydrogen) atoms. The summed E-state index contributed by atoms with van der Waals surface area (Å²) in [5, 5.41) is 15.1. The van der Waals surface area contributed by atoms with Crippen LogP contribution in [0.1, 0.15) is 5.56 Å². The number of hydrogen-bond donors (Lipinski definition) is 2. The first-order valence-corrected chi connectivity index (χ1v) is 9.80. The summed E-state index contributed by atoms with van der Waals surface area (Å²) < 4.78 is 12.0. The molecule has 0 spiro atoms. The largest absolute Gasteiger partial charge is 0.502 e.